The van der Waals surface area contributed by atoms with E-state index >= 15 is 0 Å². The summed E-state index contributed by atoms with van der Waals surface area (Å²) < 4.78 is 0. The molecule has 128 valence electrons. The molecular weight excluding hydrogens is 296 g/mol. The van der Waals surface area contributed by atoms with Gasteiger partial charge in [-0.1, -0.05) is 55.8 Å². The molecule has 0 unspecified atom stereocenters. The zero-order valence-corrected chi connectivity index (χ0v) is 15.2. The largest absolute Gasteiger partial charge is 0.348 e. The number of hydrogen-bond acceptors (Lipinski definition) is 2. The first kappa shape index (κ1) is 18.2. The van der Waals surface area contributed by atoms with Gasteiger partial charge in [0.1, 0.15) is 0 Å². The molecule has 1 N–H and O–H groups in total. The molecule has 24 heavy (non-hydrogen) atoms. The molecule has 0 aliphatic heterocycles. The third kappa shape index (κ3) is 4.68. The molecule has 0 saturated heterocycles. The molecule has 0 spiro atoms. The summed E-state index contributed by atoms with van der Waals surface area (Å²) in [6.07, 6.45) is 0. The van der Waals surface area contributed by atoms with Crippen molar-refractivity contribution in [3.63, 3.8) is 0 Å². The van der Waals surface area contributed by atoms with Gasteiger partial charge >= 0.3 is 0 Å². The molecule has 0 radical (unpaired) electrons. The summed E-state index contributed by atoms with van der Waals surface area (Å²) in [7, 11) is 0. The summed E-state index contributed by atoms with van der Waals surface area (Å²) in [5.41, 5.74) is 5.41. The average molecular weight is 324 g/mol. The SMILES string of the molecule is CCN(CC)Cc1ccccc1CNC(=O)c1ccc(C)cc1C. The van der Waals surface area contributed by atoms with Crippen molar-refractivity contribution >= 4 is 5.91 Å². The Balaban J connectivity index is 2.07. The minimum Gasteiger partial charge on any atom is -0.348 e. The van der Waals surface area contributed by atoms with Gasteiger partial charge in [0.2, 0.25) is 0 Å². The lowest BCUT2D eigenvalue weighted by Crippen LogP contribution is -2.26. The van der Waals surface area contributed by atoms with E-state index in [2.05, 4.69) is 42.3 Å². The topological polar surface area (TPSA) is 32.3 Å². The fourth-order valence-corrected chi connectivity index (χ4v) is 2.91. The van der Waals surface area contributed by atoms with Crippen molar-refractivity contribution in [3.05, 3.63) is 70.3 Å². The molecule has 1 amide bonds. The number of aryl methyl sites for hydroxylation is 2. The third-order valence-corrected chi connectivity index (χ3v) is 4.47. The highest BCUT2D eigenvalue weighted by molar-refractivity contribution is 5.95. The minimum absolute atomic E-state index is 0.00913. The van der Waals surface area contributed by atoms with Gasteiger partial charge in [-0.3, -0.25) is 9.69 Å². The molecule has 2 rings (SSSR count). The van der Waals surface area contributed by atoms with E-state index in [1.54, 1.807) is 0 Å². The van der Waals surface area contributed by atoms with Crippen LogP contribution in [0.3, 0.4) is 0 Å². The van der Waals surface area contributed by atoms with Crippen molar-refractivity contribution in [2.75, 3.05) is 13.1 Å². The highest BCUT2D eigenvalue weighted by atomic mass is 16.1. The van der Waals surface area contributed by atoms with Gasteiger partial charge in [0, 0.05) is 18.7 Å². The molecule has 0 aliphatic rings. The smallest absolute Gasteiger partial charge is 0.251 e. The summed E-state index contributed by atoms with van der Waals surface area (Å²) in [6, 6.07) is 14.3. The molecule has 0 saturated carbocycles. The maximum absolute atomic E-state index is 12.5. The third-order valence-electron chi connectivity index (χ3n) is 4.47. The molecule has 3 heteroatoms. The van der Waals surface area contributed by atoms with Crippen LogP contribution in [-0.4, -0.2) is 23.9 Å². The van der Waals surface area contributed by atoms with Crippen molar-refractivity contribution in [3.8, 4) is 0 Å². The number of carbonyl (C=O) groups is 1. The number of nitrogens with one attached hydrogen (secondary N) is 1. The van der Waals surface area contributed by atoms with Crippen LogP contribution in [0.1, 0.15) is 46.5 Å². The summed E-state index contributed by atoms with van der Waals surface area (Å²) in [6.45, 7) is 11.9. The van der Waals surface area contributed by atoms with Gasteiger partial charge in [0.15, 0.2) is 0 Å². The quantitative estimate of drug-likeness (QED) is 0.832. The Labute approximate surface area is 145 Å². The lowest BCUT2D eigenvalue weighted by Gasteiger charge is -2.20. The van der Waals surface area contributed by atoms with Crippen LogP contribution in [-0.2, 0) is 13.1 Å². The Morgan fingerprint density at radius 2 is 1.67 bits per heavy atom. The second-order valence-electron chi connectivity index (χ2n) is 6.23. The van der Waals surface area contributed by atoms with Gasteiger partial charge in [-0.05, 0) is 49.7 Å². The number of rotatable bonds is 7. The zero-order valence-electron chi connectivity index (χ0n) is 15.2. The van der Waals surface area contributed by atoms with Crippen LogP contribution in [0, 0.1) is 13.8 Å². The van der Waals surface area contributed by atoms with Gasteiger partial charge in [0.25, 0.3) is 5.91 Å². The number of benzene rings is 2. The Hall–Kier alpha value is -2.13. The Morgan fingerprint density at radius 3 is 2.29 bits per heavy atom. The molecule has 2 aromatic rings. The van der Waals surface area contributed by atoms with E-state index in [-0.39, 0.29) is 5.91 Å². The molecule has 0 aliphatic carbocycles. The highest BCUT2D eigenvalue weighted by Crippen LogP contribution is 2.14. The van der Waals surface area contributed by atoms with Crippen LogP contribution in [0.2, 0.25) is 0 Å². The molecule has 0 bridgehead atoms. The molecular formula is C21H28N2O. The van der Waals surface area contributed by atoms with Crippen molar-refractivity contribution in [2.24, 2.45) is 0 Å². The fourth-order valence-electron chi connectivity index (χ4n) is 2.91. The monoisotopic (exact) mass is 324 g/mol. The van der Waals surface area contributed by atoms with Crippen LogP contribution in [0.5, 0.6) is 0 Å². The maximum atomic E-state index is 12.5. The number of nitrogens with zero attached hydrogens (tertiary/aromatic N) is 1. The molecule has 0 heterocycles. The number of carbonyl (C=O) groups excluding carboxylic acids is 1. The van der Waals surface area contributed by atoms with E-state index in [0.29, 0.717) is 6.54 Å². The van der Waals surface area contributed by atoms with Crippen LogP contribution >= 0.6 is 0 Å². The first-order valence-corrected chi connectivity index (χ1v) is 8.69. The highest BCUT2D eigenvalue weighted by Gasteiger charge is 2.11. The van der Waals surface area contributed by atoms with Crippen molar-refractivity contribution in [1.29, 1.82) is 0 Å². The summed E-state index contributed by atoms with van der Waals surface area (Å²) >= 11 is 0. The van der Waals surface area contributed by atoms with E-state index in [1.165, 1.54) is 16.7 Å². The first-order valence-electron chi connectivity index (χ1n) is 8.69. The predicted molar refractivity (Wildman–Crippen MR) is 100 cm³/mol. The standard InChI is InChI=1S/C21H28N2O/c1-5-23(6-2)15-19-10-8-7-9-18(19)14-22-21(24)20-12-11-16(3)13-17(20)4/h7-13H,5-6,14-15H2,1-4H3,(H,22,24). The van der Waals surface area contributed by atoms with E-state index < -0.39 is 0 Å². The first-order chi connectivity index (χ1) is 11.5. The lowest BCUT2D eigenvalue weighted by molar-refractivity contribution is 0.0950. The molecule has 0 aromatic heterocycles. The lowest BCUT2D eigenvalue weighted by atomic mass is 10.0. The summed E-state index contributed by atoms with van der Waals surface area (Å²) in [4.78, 5) is 14.9. The second-order valence-corrected chi connectivity index (χ2v) is 6.23. The van der Waals surface area contributed by atoms with E-state index in [4.69, 9.17) is 0 Å². The van der Waals surface area contributed by atoms with Crippen LogP contribution in [0.4, 0.5) is 0 Å². The van der Waals surface area contributed by atoms with E-state index in [0.717, 1.165) is 30.8 Å². The average Bonchev–Trinajstić information content (AvgIpc) is 2.58. The van der Waals surface area contributed by atoms with Crippen LogP contribution < -0.4 is 5.32 Å². The second kappa shape index (κ2) is 8.65. The normalized spacial score (nSPS) is 10.9. The van der Waals surface area contributed by atoms with Crippen molar-refractivity contribution < 1.29 is 4.79 Å². The van der Waals surface area contributed by atoms with Gasteiger partial charge in [-0.2, -0.15) is 0 Å². The Kier molecular flexibility index (Phi) is 6.56. The van der Waals surface area contributed by atoms with Gasteiger partial charge in [-0.25, -0.2) is 0 Å². The fraction of sp³-hybridized carbons (Fsp3) is 0.381. The Morgan fingerprint density at radius 1 is 1.00 bits per heavy atom. The molecule has 0 atom stereocenters. The van der Waals surface area contributed by atoms with E-state index in [1.807, 2.05) is 38.1 Å². The molecule has 0 fully saturated rings. The summed E-state index contributed by atoms with van der Waals surface area (Å²) in [5, 5.41) is 3.07. The predicted octanol–water partition coefficient (Wildman–Crippen LogP) is 4.08. The van der Waals surface area contributed by atoms with Gasteiger partial charge in [-0.15, -0.1) is 0 Å². The summed E-state index contributed by atoms with van der Waals surface area (Å²) in [5.74, 6) is -0.00913. The van der Waals surface area contributed by atoms with Crippen molar-refractivity contribution in [1.82, 2.24) is 10.2 Å². The van der Waals surface area contributed by atoms with Crippen LogP contribution in [0.15, 0.2) is 42.5 Å². The molecule has 2 aromatic carbocycles. The molecule has 3 nitrogen and oxygen atoms in total. The Bertz CT molecular complexity index is 690. The van der Waals surface area contributed by atoms with Crippen LogP contribution in [0.25, 0.3) is 0 Å². The van der Waals surface area contributed by atoms with E-state index in [9.17, 15) is 4.79 Å². The number of amides is 1. The zero-order chi connectivity index (χ0) is 17.5. The number of hydrogen-bond donors (Lipinski definition) is 1. The minimum atomic E-state index is -0.00913. The van der Waals surface area contributed by atoms with Crippen molar-refractivity contribution in [2.45, 2.75) is 40.8 Å². The van der Waals surface area contributed by atoms with Gasteiger partial charge in [0.05, 0.1) is 0 Å². The maximum Gasteiger partial charge on any atom is 0.251 e. The van der Waals surface area contributed by atoms with Gasteiger partial charge < -0.3 is 5.32 Å².